The Morgan fingerprint density at radius 1 is 0.759 bits per heavy atom. The van der Waals surface area contributed by atoms with Crippen LogP contribution in [0.3, 0.4) is 0 Å². The van der Waals surface area contributed by atoms with Crippen molar-refractivity contribution in [2.75, 3.05) is 0 Å². The van der Waals surface area contributed by atoms with Crippen LogP contribution in [-0.2, 0) is 61.3 Å². The fourth-order valence-corrected chi connectivity index (χ4v) is 6.34. The Morgan fingerprint density at radius 2 is 1.30 bits per heavy atom. The number of halogens is 1. The predicted octanol–water partition coefficient (Wildman–Crippen LogP) is 7.93. The van der Waals surface area contributed by atoms with Crippen LogP contribution in [-0.4, -0.2) is 59.5 Å². The fraction of sp³-hybridized carbons (Fsp3) is 0.628. The van der Waals surface area contributed by atoms with Crippen molar-refractivity contribution >= 4 is 23.9 Å². The number of benzene rings is 2. The molecule has 6 unspecified atom stereocenters. The molecule has 0 saturated carbocycles. The Morgan fingerprint density at radius 3 is 1.87 bits per heavy atom. The van der Waals surface area contributed by atoms with Gasteiger partial charge >= 0.3 is 23.9 Å². The zero-order valence-electron chi connectivity index (χ0n) is 33.7. The van der Waals surface area contributed by atoms with E-state index in [0.29, 0.717) is 25.7 Å². The van der Waals surface area contributed by atoms with Crippen LogP contribution in [0.4, 0.5) is 4.39 Å². The Bertz CT molecular complexity index is 1680. The SMILES string of the molecule is CCC(C)(C)C(=O)OC(C)(C)c1ccc(F)cc1.CCC(C)(C)C(=O)OC1C2CC3C(=O)OC1C3O2.CCC(C)(C)C(=O)OC1Cc2ccc(O)cc2C1. The Hall–Kier alpha value is -3.99. The summed E-state index contributed by atoms with van der Waals surface area (Å²) >= 11 is 0. The molecule has 11 heteroatoms. The first kappa shape index (κ1) is 42.7. The highest BCUT2D eigenvalue weighted by atomic mass is 19.1. The molecule has 54 heavy (non-hydrogen) atoms. The number of hydrogen-bond acceptors (Lipinski definition) is 10. The number of phenols is 1. The third-order valence-corrected chi connectivity index (χ3v) is 11.6. The van der Waals surface area contributed by atoms with E-state index in [1.165, 1.54) is 17.7 Å². The zero-order chi connectivity index (χ0) is 40.4. The van der Waals surface area contributed by atoms with E-state index < -0.39 is 34.1 Å². The molecule has 0 spiro atoms. The van der Waals surface area contributed by atoms with Crippen LogP contribution in [0.25, 0.3) is 0 Å². The fourth-order valence-electron chi connectivity index (χ4n) is 6.34. The van der Waals surface area contributed by atoms with Crippen LogP contribution in [0.1, 0.15) is 119 Å². The average Bonchev–Trinajstić information content (AvgIpc) is 3.86. The summed E-state index contributed by atoms with van der Waals surface area (Å²) in [6.45, 7) is 20.7. The van der Waals surface area contributed by atoms with Gasteiger partial charge in [-0.15, -0.1) is 0 Å². The van der Waals surface area contributed by atoms with Crippen LogP contribution >= 0.6 is 0 Å². The molecule has 0 amide bonds. The maximum atomic E-state index is 12.9. The predicted molar refractivity (Wildman–Crippen MR) is 200 cm³/mol. The number of rotatable bonds is 10. The van der Waals surface area contributed by atoms with E-state index in [9.17, 15) is 28.7 Å². The van der Waals surface area contributed by atoms with Gasteiger partial charge in [-0.1, -0.05) is 39.0 Å². The summed E-state index contributed by atoms with van der Waals surface area (Å²) in [6, 6.07) is 11.4. The molecule has 0 aromatic heterocycles. The molecule has 2 bridgehead atoms. The summed E-state index contributed by atoms with van der Waals surface area (Å²) < 4.78 is 40.5. The van der Waals surface area contributed by atoms with Gasteiger partial charge in [0.1, 0.15) is 29.4 Å². The van der Waals surface area contributed by atoms with Gasteiger partial charge in [-0.2, -0.15) is 0 Å². The molecule has 4 aliphatic rings. The Labute approximate surface area is 319 Å². The topological polar surface area (TPSA) is 135 Å². The highest BCUT2D eigenvalue weighted by Gasteiger charge is 2.65. The van der Waals surface area contributed by atoms with Crippen molar-refractivity contribution in [1.29, 1.82) is 0 Å². The Balaban J connectivity index is 0.000000180. The first-order chi connectivity index (χ1) is 25.0. The number of fused-ring (bicyclic) bond motifs is 2. The van der Waals surface area contributed by atoms with Gasteiger partial charge in [0.25, 0.3) is 0 Å². The van der Waals surface area contributed by atoms with E-state index in [2.05, 4.69) is 0 Å². The van der Waals surface area contributed by atoms with Gasteiger partial charge in [0.2, 0.25) is 0 Å². The van der Waals surface area contributed by atoms with E-state index in [4.69, 9.17) is 23.7 Å². The van der Waals surface area contributed by atoms with Crippen molar-refractivity contribution in [3.8, 4) is 5.75 Å². The standard InChI is InChI=1S/C15H21FO2.C15H20O3.C13H18O5/c1-6-14(2,3)13(17)18-15(4,5)11-7-9-12(16)10-8-11;1-4-15(2,3)14(17)18-13-8-10-5-6-12(16)7-11(10)9-13;1-4-13(2,3)12(15)18-9-7-5-6-8(16-7)10(9)17-11(6)14/h7-10H,6H2,1-5H3;5-7,13,16H,4,8-9H2,1-3H3;6-10H,4-5H2,1-3H3. The summed E-state index contributed by atoms with van der Waals surface area (Å²) in [6.07, 6.45) is 2.99. The molecular weight excluding hydrogens is 695 g/mol. The third-order valence-electron chi connectivity index (χ3n) is 11.6. The number of hydrogen-bond donors (Lipinski definition) is 1. The third kappa shape index (κ3) is 9.62. The van der Waals surface area contributed by atoms with Crippen LogP contribution < -0.4 is 0 Å². The quantitative estimate of drug-likeness (QED) is 0.188. The molecule has 2 aromatic carbocycles. The van der Waals surface area contributed by atoms with Gasteiger partial charge < -0.3 is 28.8 Å². The summed E-state index contributed by atoms with van der Waals surface area (Å²) in [5.41, 5.74) is 0.848. The van der Waals surface area contributed by atoms with E-state index >= 15 is 0 Å². The van der Waals surface area contributed by atoms with Crippen LogP contribution in [0.2, 0.25) is 0 Å². The number of ether oxygens (including phenoxy) is 5. The molecule has 298 valence electrons. The molecule has 1 aliphatic carbocycles. The molecule has 6 rings (SSSR count). The minimum absolute atomic E-state index is 0.0832. The number of carbonyl (C=O) groups excluding carboxylic acids is 4. The van der Waals surface area contributed by atoms with Crippen molar-refractivity contribution in [1.82, 2.24) is 0 Å². The van der Waals surface area contributed by atoms with Gasteiger partial charge in [0, 0.05) is 12.8 Å². The lowest BCUT2D eigenvalue weighted by Gasteiger charge is -2.30. The largest absolute Gasteiger partial charge is 0.508 e. The van der Waals surface area contributed by atoms with Crippen molar-refractivity contribution in [3.05, 3.63) is 65.0 Å². The minimum Gasteiger partial charge on any atom is -0.508 e. The average molecular weight is 755 g/mol. The maximum absolute atomic E-state index is 12.9. The van der Waals surface area contributed by atoms with Crippen LogP contribution in [0.15, 0.2) is 42.5 Å². The summed E-state index contributed by atoms with van der Waals surface area (Å²) in [4.78, 5) is 47.7. The maximum Gasteiger partial charge on any atom is 0.312 e. The number of phenolic OH excluding ortho intramolecular Hbond substituents is 1. The van der Waals surface area contributed by atoms with E-state index in [0.717, 1.165) is 24.0 Å². The second kappa shape index (κ2) is 16.4. The minimum atomic E-state index is -0.753. The molecule has 1 N–H and O–H groups in total. The lowest BCUT2D eigenvalue weighted by Crippen LogP contribution is -2.42. The second-order valence-corrected chi connectivity index (χ2v) is 17.3. The van der Waals surface area contributed by atoms with Gasteiger partial charge in [-0.3, -0.25) is 19.2 Å². The lowest BCUT2D eigenvalue weighted by molar-refractivity contribution is -0.169. The highest BCUT2D eigenvalue weighted by molar-refractivity contribution is 5.79. The summed E-state index contributed by atoms with van der Waals surface area (Å²) in [5, 5.41) is 9.42. The normalized spacial score (nSPS) is 24.0. The summed E-state index contributed by atoms with van der Waals surface area (Å²) in [7, 11) is 0. The molecule has 3 aliphatic heterocycles. The zero-order valence-corrected chi connectivity index (χ0v) is 33.7. The van der Waals surface area contributed by atoms with Crippen LogP contribution in [0.5, 0.6) is 5.75 Å². The first-order valence-electron chi connectivity index (χ1n) is 19.1. The van der Waals surface area contributed by atoms with Gasteiger partial charge in [-0.25, -0.2) is 4.39 Å². The van der Waals surface area contributed by atoms with E-state index in [-0.39, 0.29) is 59.7 Å². The molecule has 10 nitrogen and oxygen atoms in total. The molecule has 3 saturated heterocycles. The van der Waals surface area contributed by atoms with E-state index in [1.807, 2.05) is 82.2 Å². The van der Waals surface area contributed by atoms with E-state index in [1.54, 1.807) is 24.3 Å². The van der Waals surface area contributed by atoms with Gasteiger partial charge in [-0.05, 0) is 122 Å². The molecular formula is C43H59FO10. The lowest BCUT2D eigenvalue weighted by atomic mass is 9.87. The number of esters is 4. The van der Waals surface area contributed by atoms with Crippen molar-refractivity contribution in [2.45, 2.75) is 151 Å². The molecule has 6 atom stereocenters. The molecule has 2 aromatic rings. The van der Waals surface area contributed by atoms with Crippen molar-refractivity contribution < 1.29 is 52.4 Å². The highest BCUT2D eigenvalue weighted by Crippen LogP contribution is 2.48. The smallest absolute Gasteiger partial charge is 0.312 e. The number of carbonyl (C=O) groups is 4. The second-order valence-electron chi connectivity index (χ2n) is 17.3. The summed E-state index contributed by atoms with van der Waals surface area (Å²) in [5.74, 6) is -0.990. The molecule has 3 fully saturated rings. The molecule has 0 radical (unpaired) electrons. The van der Waals surface area contributed by atoms with Crippen LogP contribution in [0, 0.1) is 28.0 Å². The van der Waals surface area contributed by atoms with Crippen molar-refractivity contribution in [3.63, 3.8) is 0 Å². The number of aromatic hydroxyl groups is 1. The van der Waals surface area contributed by atoms with Gasteiger partial charge in [0.15, 0.2) is 12.2 Å². The molecule has 3 heterocycles. The first-order valence-corrected chi connectivity index (χ1v) is 19.1. The van der Waals surface area contributed by atoms with Crippen molar-refractivity contribution in [2.24, 2.45) is 22.2 Å². The monoisotopic (exact) mass is 754 g/mol. The Kier molecular flexibility index (Phi) is 13.0. The van der Waals surface area contributed by atoms with Gasteiger partial charge in [0.05, 0.1) is 28.3 Å².